The summed E-state index contributed by atoms with van der Waals surface area (Å²) in [4.78, 5) is 10.7. The van der Waals surface area contributed by atoms with Crippen LogP contribution in [0.2, 0.25) is 0 Å². The van der Waals surface area contributed by atoms with E-state index >= 15 is 0 Å². The first-order valence-corrected chi connectivity index (χ1v) is 3.80. The first kappa shape index (κ1) is 15.1. The van der Waals surface area contributed by atoms with Gasteiger partial charge in [0.25, 0.3) is 0 Å². The second kappa shape index (κ2) is 7.07. The second-order valence-electron chi connectivity index (χ2n) is 3.19. The molecule has 0 aliphatic rings. The summed E-state index contributed by atoms with van der Waals surface area (Å²) in [5.74, 6) is -0.129. The SMILES string of the molecule is CCC(C)(C)CC(=O)[N-]S.[Rb+]. The molecule has 0 aromatic heterocycles. The number of hydrogen-bond acceptors (Lipinski definition) is 2. The third-order valence-electron chi connectivity index (χ3n) is 1.70. The Balaban J connectivity index is 0. The molecule has 0 saturated heterocycles. The number of amides is 1. The minimum Gasteiger partial charge on any atom is -0.603 e. The normalized spacial score (nSPS) is 10.2. The van der Waals surface area contributed by atoms with Crippen molar-refractivity contribution in [2.45, 2.75) is 33.6 Å². The third-order valence-corrected chi connectivity index (χ3v) is 1.92. The second-order valence-corrected chi connectivity index (χ2v) is 3.39. The first-order valence-electron chi connectivity index (χ1n) is 3.40. The smallest absolute Gasteiger partial charge is 0.603 e. The van der Waals surface area contributed by atoms with Crippen molar-refractivity contribution in [2.24, 2.45) is 5.41 Å². The minimum absolute atomic E-state index is 0. The van der Waals surface area contributed by atoms with Crippen molar-refractivity contribution >= 4 is 18.7 Å². The third kappa shape index (κ3) is 7.97. The molecule has 4 heteroatoms. The van der Waals surface area contributed by atoms with Crippen LogP contribution in [0.15, 0.2) is 0 Å². The molecule has 11 heavy (non-hydrogen) atoms. The van der Waals surface area contributed by atoms with Gasteiger partial charge in [-0.1, -0.05) is 27.2 Å². The van der Waals surface area contributed by atoms with Crippen molar-refractivity contribution in [3.05, 3.63) is 4.72 Å². The molecule has 0 aliphatic heterocycles. The summed E-state index contributed by atoms with van der Waals surface area (Å²) in [6, 6.07) is 0. The molecule has 0 saturated carbocycles. The Bertz CT molecular complexity index is 128. The monoisotopic (exact) mass is 245 g/mol. The van der Waals surface area contributed by atoms with Gasteiger partial charge in [0.15, 0.2) is 0 Å². The van der Waals surface area contributed by atoms with Crippen molar-refractivity contribution in [3.8, 4) is 0 Å². The van der Waals surface area contributed by atoms with Gasteiger partial charge in [0.1, 0.15) is 0 Å². The summed E-state index contributed by atoms with van der Waals surface area (Å²) in [7, 11) is 0. The molecule has 60 valence electrons. The van der Waals surface area contributed by atoms with E-state index < -0.39 is 0 Å². The molecule has 1 amide bonds. The molecule has 0 fully saturated rings. The molecule has 2 nitrogen and oxygen atoms in total. The molecular weight excluding hydrogens is 232 g/mol. The fourth-order valence-electron chi connectivity index (χ4n) is 0.570. The summed E-state index contributed by atoms with van der Waals surface area (Å²) in [6.07, 6.45) is 1.48. The van der Waals surface area contributed by atoms with Gasteiger partial charge in [-0.25, -0.2) is 0 Å². The van der Waals surface area contributed by atoms with Gasteiger partial charge in [-0.05, 0) is 11.8 Å². The number of nitrogens with zero attached hydrogens (tertiary/aromatic N) is 1. The Kier molecular flexibility index (Phi) is 9.71. The van der Waals surface area contributed by atoms with Crippen molar-refractivity contribution in [1.82, 2.24) is 0 Å². The van der Waals surface area contributed by atoms with Crippen LogP contribution in [-0.4, -0.2) is 5.91 Å². The van der Waals surface area contributed by atoms with E-state index in [-0.39, 0.29) is 69.5 Å². The molecule has 0 spiro atoms. The first-order chi connectivity index (χ1) is 4.52. The molecule has 0 atom stereocenters. The maximum atomic E-state index is 10.7. The van der Waals surface area contributed by atoms with Crippen LogP contribution < -0.4 is 58.2 Å². The Hall–Kier alpha value is 1.63. The largest absolute Gasteiger partial charge is 1.00 e. The van der Waals surface area contributed by atoms with Gasteiger partial charge in [-0.15, -0.1) is 0 Å². The number of rotatable bonds is 3. The predicted octanol–water partition coefficient (Wildman–Crippen LogP) is -0.438. The van der Waals surface area contributed by atoms with Gasteiger partial charge in [0, 0.05) is 0 Å². The van der Waals surface area contributed by atoms with E-state index in [1.807, 2.05) is 13.8 Å². The molecule has 0 aromatic carbocycles. The molecule has 0 N–H and O–H groups in total. The van der Waals surface area contributed by atoms with Crippen LogP contribution >= 0.6 is 12.8 Å². The van der Waals surface area contributed by atoms with E-state index in [2.05, 4.69) is 24.5 Å². The Morgan fingerprint density at radius 3 is 2.27 bits per heavy atom. The van der Waals surface area contributed by atoms with Crippen molar-refractivity contribution < 1.29 is 63.0 Å². The maximum Gasteiger partial charge on any atom is 1.00 e. The zero-order valence-corrected chi connectivity index (χ0v) is 13.5. The zero-order chi connectivity index (χ0) is 8.20. The fourth-order valence-corrected chi connectivity index (χ4v) is 0.640. The van der Waals surface area contributed by atoms with E-state index in [1.165, 1.54) is 0 Å². The fraction of sp³-hybridized carbons (Fsp3) is 0.857. The Morgan fingerprint density at radius 1 is 1.55 bits per heavy atom. The van der Waals surface area contributed by atoms with E-state index in [1.54, 1.807) is 0 Å². The number of carbonyl (C=O) groups excluding carboxylic acids is 1. The van der Waals surface area contributed by atoms with Gasteiger partial charge in [-0.3, -0.25) is 12.8 Å². The molecule has 0 heterocycles. The summed E-state index contributed by atoms with van der Waals surface area (Å²) in [5.41, 5.74) is 0.0727. The average molecular weight is 246 g/mol. The average Bonchev–Trinajstić information content (AvgIpc) is 1.87. The van der Waals surface area contributed by atoms with Gasteiger partial charge < -0.3 is 9.52 Å². The molecule has 0 rings (SSSR count). The Labute approximate surface area is 123 Å². The Morgan fingerprint density at radius 2 is 2.00 bits per heavy atom. The van der Waals surface area contributed by atoms with Crippen LogP contribution in [0.4, 0.5) is 0 Å². The molecule has 0 aliphatic carbocycles. The van der Waals surface area contributed by atoms with Gasteiger partial charge in [-0.2, -0.15) is 0 Å². The molecule has 0 aromatic rings. The topological polar surface area (TPSA) is 31.2 Å². The maximum absolute atomic E-state index is 10.7. The van der Waals surface area contributed by atoms with E-state index in [4.69, 9.17) is 0 Å². The standard InChI is InChI=1S/C7H15NOS.Rb/c1-4-7(2,3)5-6(9)8-10;/h4-5H2,1-3H3,(H2,8,9,10);/q;+1/p-1. The summed E-state index contributed by atoms with van der Waals surface area (Å²) >= 11 is 3.54. The predicted molar refractivity (Wildman–Crippen MR) is 46.0 cm³/mol. The molecule has 0 bridgehead atoms. The van der Waals surface area contributed by atoms with E-state index in [0.717, 1.165) is 6.42 Å². The van der Waals surface area contributed by atoms with Gasteiger partial charge >= 0.3 is 58.2 Å². The van der Waals surface area contributed by atoms with E-state index in [0.29, 0.717) is 6.42 Å². The quantitative estimate of drug-likeness (QED) is 0.672. The number of thiol groups is 1. The van der Waals surface area contributed by atoms with Crippen LogP contribution in [0.3, 0.4) is 0 Å². The summed E-state index contributed by atoms with van der Waals surface area (Å²) in [5, 5.41) is 0. The summed E-state index contributed by atoms with van der Waals surface area (Å²) < 4.78 is 3.28. The van der Waals surface area contributed by atoms with Crippen LogP contribution in [0.1, 0.15) is 33.6 Å². The number of carbonyl (C=O) groups is 1. The van der Waals surface area contributed by atoms with Crippen molar-refractivity contribution in [3.63, 3.8) is 0 Å². The van der Waals surface area contributed by atoms with Crippen molar-refractivity contribution in [2.75, 3.05) is 0 Å². The minimum atomic E-state index is -0.129. The van der Waals surface area contributed by atoms with E-state index in [9.17, 15) is 4.79 Å². The van der Waals surface area contributed by atoms with Crippen LogP contribution in [0.5, 0.6) is 0 Å². The van der Waals surface area contributed by atoms with Crippen LogP contribution in [-0.2, 0) is 4.79 Å². The molecule has 0 unspecified atom stereocenters. The van der Waals surface area contributed by atoms with Crippen LogP contribution in [0, 0.1) is 5.41 Å². The number of hydrogen-bond donors (Lipinski definition) is 1. The zero-order valence-electron chi connectivity index (χ0n) is 7.72. The molecule has 0 radical (unpaired) electrons. The van der Waals surface area contributed by atoms with Crippen LogP contribution in [0.25, 0.3) is 4.72 Å². The van der Waals surface area contributed by atoms with Gasteiger partial charge in [0.2, 0.25) is 0 Å². The molecular formula is C7H14NORbS. The summed E-state index contributed by atoms with van der Waals surface area (Å²) in [6.45, 7) is 6.15. The van der Waals surface area contributed by atoms with Crippen molar-refractivity contribution in [1.29, 1.82) is 0 Å². The van der Waals surface area contributed by atoms with Gasteiger partial charge in [0.05, 0.1) is 5.91 Å².